The smallest absolute Gasteiger partial charge is 0.356 e. The Hall–Kier alpha value is -1.82. The molecule has 2 rings (SSSR count). The number of pyridine rings is 1. The molecule has 1 aliphatic rings. The number of carbonyl (C=O) groups excluding carboxylic acids is 1. The van der Waals surface area contributed by atoms with Gasteiger partial charge < -0.3 is 20.5 Å². The van der Waals surface area contributed by atoms with E-state index in [1.165, 1.54) is 20.0 Å². The molecule has 1 heterocycles. The number of rotatable bonds is 6. The van der Waals surface area contributed by atoms with Gasteiger partial charge in [-0.1, -0.05) is 12.8 Å². The molecule has 0 aliphatic heterocycles. The summed E-state index contributed by atoms with van der Waals surface area (Å²) in [6.07, 6.45) is 5.21. The first kappa shape index (κ1) is 14.6. The zero-order chi connectivity index (χ0) is 14.4. The van der Waals surface area contributed by atoms with E-state index in [4.69, 9.17) is 10.5 Å². The minimum Gasteiger partial charge on any atom is -0.464 e. The summed E-state index contributed by atoms with van der Waals surface area (Å²) in [4.78, 5) is 15.5. The first-order valence-electron chi connectivity index (χ1n) is 6.91. The Balaban J connectivity index is 1.83. The molecule has 0 unspecified atom stereocenters. The third kappa shape index (κ3) is 3.84. The number of anilines is 2. The summed E-state index contributed by atoms with van der Waals surface area (Å²) in [5.74, 6) is 0.0122. The van der Waals surface area contributed by atoms with Gasteiger partial charge in [0.15, 0.2) is 5.69 Å². The minimum absolute atomic E-state index is 0.237. The van der Waals surface area contributed by atoms with E-state index >= 15 is 0 Å². The number of ether oxygens (including phenoxy) is 2. The van der Waals surface area contributed by atoms with Crippen LogP contribution in [0.2, 0.25) is 0 Å². The molecule has 1 saturated carbocycles. The summed E-state index contributed by atoms with van der Waals surface area (Å²) in [5.41, 5.74) is 6.55. The molecule has 0 saturated heterocycles. The summed E-state index contributed by atoms with van der Waals surface area (Å²) in [6, 6.07) is 3.18. The third-order valence-electron chi connectivity index (χ3n) is 3.37. The molecule has 0 radical (unpaired) electrons. The van der Waals surface area contributed by atoms with Gasteiger partial charge in [0.25, 0.3) is 0 Å². The predicted octanol–water partition coefficient (Wildman–Crippen LogP) is 1.82. The lowest BCUT2D eigenvalue weighted by Gasteiger charge is -2.13. The van der Waals surface area contributed by atoms with E-state index in [1.54, 1.807) is 12.1 Å². The van der Waals surface area contributed by atoms with Gasteiger partial charge in [-0.2, -0.15) is 0 Å². The van der Waals surface area contributed by atoms with Crippen LogP contribution in [0.5, 0.6) is 0 Å². The Morgan fingerprint density at radius 3 is 2.90 bits per heavy atom. The largest absolute Gasteiger partial charge is 0.464 e. The molecule has 6 heteroatoms. The number of carbonyl (C=O) groups is 1. The molecule has 6 nitrogen and oxygen atoms in total. The van der Waals surface area contributed by atoms with Crippen molar-refractivity contribution in [2.75, 3.05) is 31.3 Å². The Labute approximate surface area is 118 Å². The maximum Gasteiger partial charge on any atom is 0.356 e. The number of nitrogens with zero attached hydrogens (tertiary/aromatic N) is 1. The molecular weight excluding hydrogens is 258 g/mol. The summed E-state index contributed by atoms with van der Waals surface area (Å²) in [6.45, 7) is 1.21. The summed E-state index contributed by atoms with van der Waals surface area (Å²) >= 11 is 0. The first-order valence-corrected chi connectivity index (χ1v) is 6.91. The lowest BCUT2D eigenvalue weighted by atomic mass is 10.3. The van der Waals surface area contributed by atoms with Gasteiger partial charge in [-0.15, -0.1) is 0 Å². The standard InChI is InChI=1S/C14H21N3O3/c1-19-14(18)12-7-6-11(15)13(17-12)16-8-9-20-10-4-2-3-5-10/h6-7,10H,2-5,8-9,15H2,1H3,(H,16,17). The van der Waals surface area contributed by atoms with Gasteiger partial charge in [0.2, 0.25) is 0 Å². The number of nitrogens with two attached hydrogens (primary N) is 1. The maximum absolute atomic E-state index is 11.4. The van der Waals surface area contributed by atoms with Crippen LogP contribution in [0.1, 0.15) is 36.2 Å². The van der Waals surface area contributed by atoms with Gasteiger partial charge in [0.05, 0.1) is 25.5 Å². The molecule has 3 N–H and O–H groups in total. The Bertz CT molecular complexity index is 459. The van der Waals surface area contributed by atoms with E-state index in [1.807, 2.05) is 0 Å². The van der Waals surface area contributed by atoms with Crippen LogP contribution in [0.25, 0.3) is 0 Å². The van der Waals surface area contributed by atoms with Crippen molar-refractivity contribution >= 4 is 17.5 Å². The van der Waals surface area contributed by atoms with Crippen molar-refractivity contribution in [1.29, 1.82) is 0 Å². The van der Waals surface area contributed by atoms with Crippen molar-refractivity contribution in [3.63, 3.8) is 0 Å². The highest BCUT2D eigenvalue weighted by molar-refractivity contribution is 5.88. The Morgan fingerprint density at radius 2 is 2.20 bits per heavy atom. The van der Waals surface area contributed by atoms with Crippen LogP contribution in [0.4, 0.5) is 11.5 Å². The van der Waals surface area contributed by atoms with Crippen molar-refractivity contribution in [1.82, 2.24) is 4.98 Å². The molecule has 0 bridgehead atoms. The summed E-state index contributed by atoms with van der Waals surface area (Å²) in [7, 11) is 1.32. The van der Waals surface area contributed by atoms with Crippen LogP contribution < -0.4 is 11.1 Å². The zero-order valence-corrected chi connectivity index (χ0v) is 11.7. The number of hydrogen-bond donors (Lipinski definition) is 2. The fourth-order valence-corrected chi connectivity index (χ4v) is 2.28. The van der Waals surface area contributed by atoms with Gasteiger partial charge in [-0.3, -0.25) is 0 Å². The van der Waals surface area contributed by atoms with E-state index in [0.29, 0.717) is 30.8 Å². The number of esters is 1. The number of hydrogen-bond acceptors (Lipinski definition) is 6. The average Bonchev–Trinajstić information content (AvgIpc) is 2.97. The van der Waals surface area contributed by atoms with Crippen molar-refractivity contribution in [3.8, 4) is 0 Å². The molecule has 0 amide bonds. The lowest BCUT2D eigenvalue weighted by Crippen LogP contribution is -2.17. The number of aromatic nitrogens is 1. The lowest BCUT2D eigenvalue weighted by molar-refractivity contribution is 0.0594. The molecular formula is C14H21N3O3. The monoisotopic (exact) mass is 279 g/mol. The van der Waals surface area contributed by atoms with E-state index in [2.05, 4.69) is 15.0 Å². The number of nitrogens with one attached hydrogen (secondary N) is 1. The quantitative estimate of drug-likeness (QED) is 0.610. The van der Waals surface area contributed by atoms with Gasteiger partial charge in [0.1, 0.15) is 5.82 Å². The van der Waals surface area contributed by atoms with Crippen LogP contribution in [0.15, 0.2) is 12.1 Å². The molecule has 110 valence electrons. The average molecular weight is 279 g/mol. The molecule has 1 aromatic rings. The fraction of sp³-hybridized carbons (Fsp3) is 0.571. The van der Waals surface area contributed by atoms with Gasteiger partial charge in [0, 0.05) is 6.54 Å². The first-order chi connectivity index (χ1) is 9.70. The molecule has 20 heavy (non-hydrogen) atoms. The maximum atomic E-state index is 11.4. The molecule has 0 atom stereocenters. The molecule has 1 aromatic heterocycles. The van der Waals surface area contributed by atoms with Crippen molar-refractivity contribution in [2.24, 2.45) is 0 Å². The second-order valence-electron chi connectivity index (χ2n) is 4.83. The highest BCUT2D eigenvalue weighted by Crippen LogP contribution is 2.21. The molecule has 1 fully saturated rings. The van der Waals surface area contributed by atoms with Crippen LogP contribution in [0, 0.1) is 0 Å². The van der Waals surface area contributed by atoms with Crippen molar-refractivity contribution < 1.29 is 14.3 Å². The Kier molecular flexibility index (Phi) is 5.17. The number of nitrogen functional groups attached to an aromatic ring is 1. The molecule has 1 aliphatic carbocycles. The van der Waals surface area contributed by atoms with E-state index < -0.39 is 5.97 Å². The fourth-order valence-electron chi connectivity index (χ4n) is 2.28. The highest BCUT2D eigenvalue weighted by Gasteiger charge is 2.15. The van der Waals surface area contributed by atoms with E-state index in [-0.39, 0.29) is 5.69 Å². The van der Waals surface area contributed by atoms with Gasteiger partial charge in [-0.25, -0.2) is 9.78 Å². The van der Waals surface area contributed by atoms with Gasteiger partial charge >= 0.3 is 5.97 Å². The SMILES string of the molecule is COC(=O)c1ccc(N)c(NCCOC2CCCC2)n1. The van der Waals surface area contributed by atoms with Gasteiger partial charge in [-0.05, 0) is 25.0 Å². The Morgan fingerprint density at radius 1 is 1.45 bits per heavy atom. The normalized spacial score (nSPS) is 15.2. The number of methoxy groups -OCH3 is 1. The summed E-state index contributed by atoms with van der Waals surface area (Å²) in [5, 5.41) is 3.09. The minimum atomic E-state index is -0.477. The third-order valence-corrected chi connectivity index (χ3v) is 3.37. The molecule has 0 spiro atoms. The highest BCUT2D eigenvalue weighted by atomic mass is 16.5. The zero-order valence-electron chi connectivity index (χ0n) is 11.7. The van der Waals surface area contributed by atoms with Crippen molar-refractivity contribution in [2.45, 2.75) is 31.8 Å². The van der Waals surface area contributed by atoms with Crippen LogP contribution >= 0.6 is 0 Å². The molecule has 0 aromatic carbocycles. The van der Waals surface area contributed by atoms with Crippen LogP contribution in [-0.4, -0.2) is 37.3 Å². The van der Waals surface area contributed by atoms with Crippen LogP contribution in [0.3, 0.4) is 0 Å². The predicted molar refractivity (Wildman–Crippen MR) is 76.7 cm³/mol. The van der Waals surface area contributed by atoms with E-state index in [0.717, 1.165) is 12.8 Å². The second kappa shape index (κ2) is 7.09. The van der Waals surface area contributed by atoms with E-state index in [9.17, 15) is 4.79 Å². The second-order valence-corrected chi connectivity index (χ2v) is 4.83. The van der Waals surface area contributed by atoms with Crippen molar-refractivity contribution in [3.05, 3.63) is 17.8 Å². The van der Waals surface area contributed by atoms with Crippen LogP contribution in [-0.2, 0) is 9.47 Å². The topological polar surface area (TPSA) is 86.5 Å². The summed E-state index contributed by atoms with van der Waals surface area (Å²) < 4.78 is 10.4.